The van der Waals surface area contributed by atoms with Crippen molar-refractivity contribution in [2.75, 3.05) is 30.4 Å². The summed E-state index contributed by atoms with van der Waals surface area (Å²) in [6.45, 7) is 6.85. The Labute approximate surface area is 189 Å². The Hall–Kier alpha value is -3.71. The second-order valence-corrected chi connectivity index (χ2v) is 8.85. The number of anilines is 2. The monoisotopic (exact) mass is 442 g/mol. The minimum atomic E-state index is -0.159. The third kappa shape index (κ3) is 3.22. The number of rotatable bonds is 3. The lowest BCUT2D eigenvalue weighted by atomic mass is 10.0. The first-order chi connectivity index (χ1) is 15.5. The predicted octanol–water partition coefficient (Wildman–Crippen LogP) is 4.73. The SMILES string of the molecule is C=CC(=O)N(C)c1cc(-c2ccc3c(ccc4sc5c(c43)NCCNC5=O)n2)ccc1C. The first-order valence-electron chi connectivity index (χ1n) is 10.4. The van der Waals surface area contributed by atoms with Gasteiger partial charge in [0, 0.05) is 46.9 Å². The molecule has 0 atom stereocenters. The van der Waals surface area contributed by atoms with Gasteiger partial charge in [-0.1, -0.05) is 18.7 Å². The van der Waals surface area contributed by atoms with E-state index in [0.29, 0.717) is 18.0 Å². The number of amides is 2. The van der Waals surface area contributed by atoms with Gasteiger partial charge in [-0.25, -0.2) is 4.98 Å². The molecule has 0 unspecified atom stereocenters. The first kappa shape index (κ1) is 20.2. The molecule has 7 heteroatoms. The summed E-state index contributed by atoms with van der Waals surface area (Å²) in [7, 11) is 1.74. The molecule has 0 spiro atoms. The molecule has 1 aliphatic rings. The fourth-order valence-corrected chi connectivity index (χ4v) is 5.23. The summed E-state index contributed by atoms with van der Waals surface area (Å²) >= 11 is 1.50. The molecule has 0 aliphatic carbocycles. The van der Waals surface area contributed by atoms with Gasteiger partial charge in [0.05, 0.1) is 16.9 Å². The molecule has 0 radical (unpaired) electrons. The summed E-state index contributed by atoms with van der Waals surface area (Å²) in [6, 6.07) is 14.1. The van der Waals surface area contributed by atoms with Crippen LogP contribution in [0.3, 0.4) is 0 Å². The number of pyridine rings is 1. The van der Waals surface area contributed by atoms with Crippen LogP contribution < -0.4 is 15.5 Å². The van der Waals surface area contributed by atoms with Crippen molar-refractivity contribution in [2.24, 2.45) is 0 Å². The maximum absolute atomic E-state index is 12.4. The van der Waals surface area contributed by atoms with E-state index in [9.17, 15) is 9.59 Å². The molecular weight excluding hydrogens is 420 g/mol. The number of hydrogen-bond acceptors (Lipinski definition) is 5. The van der Waals surface area contributed by atoms with Crippen molar-refractivity contribution in [3.63, 3.8) is 0 Å². The van der Waals surface area contributed by atoms with E-state index in [-0.39, 0.29) is 11.8 Å². The fraction of sp³-hybridized carbons (Fsp3) is 0.160. The molecule has 1 aliphatic heterocycles. The molecule has 2 N–H and O–H groups in total. The topological polar surface area (TPSA) is 74.3 Å². The smallest absolute Gasteiger partial charge is 0.263 e. The number of hydrogen-bond donors (Lipinski definition) is 2. The number of benzene rings is 2. The Balaban J connectivity index is 1.64. The highest BCUT2D eigenvalue weighted by atomic mass is 32.1. The van der Waals surface area contributed by atoms with Crippen LogP contribution in [0.25, 0.3) is 32.2 Å². The first-order valence-corrected chi connectivity index (χ1v) is 11.2. The highest BCUT2D eigenvalue weighted by Gasteiger charge is 2.22. The summed E-state index contributed by atoms with van der Waals surface area (Å²) in [5, 5.41) is 8.40. The van der Waals surface area contributed by atoms with Crippen LogP contribution in [0, 0.1) is 6.92 Å². The zero-order valence-electron chi connectivity index (χ0n) is 17.9. The number of likely N-dealkylation sites (N-methyl/N-ethyl adjacent to an activating group) is 1. The Kier molecular flexibility index (Phi) is 4.90. The van der Waals surface area contributed by atoms with Crippen LogP contribution in [0.4, 0.5) is 11.4 Å². The summed E-state index contributed by atoms with van der Waals surface area (Å²) in [5.41, 5.74) is 5.33. The van der Waals surface area contributed by atoms with Crippen molar-refractivity contribution in [3.05, 3.63) is 65.6 Å². The van der Waals surface area contributed by atoms with Crippen molar-refractivity contribution in [2.45, 2.75) is 6.92 Å². The predicted molar refractivity (Wildman–Crippen MR) is 132 cm³/mol. The molecule has 6 nitrogen and oxygen atoms in total. The number of nitrogens with one attached hydrogen (secondary N) is 2. The quantitative estimate of drug-likeness (QED) is 0.450. The van der Waals surface area contributed by atoms with Gasteiger partial charge in [0.25, 0.3) is 5.91 Å². The number of carbonyl (C=O) groups is 2. The molecule has 2 aromatic heterocycles. The van der Waals surface area contributed by atoms with Gasteiger partial charge in [0.1, 0.15) is 4.88 Å². The minimum Gasteiger partial charge on any atom is -0.381 e. The third-order valence-corrected chi connectivity index (χ3v) is 6.97. The molecular formula is C25H22N4O2S. The molecule has 0 saturated carbocycles. The Morgan fingerprint density at radius 2 is 1.97 bits per heavy atom. The second kappa shape index (κ2) is 7.76. The zero-order chi connectivity index (χ0) is 22.4. The molecule has 0 saturated heterocycles. The number of fused-ring (bicyclic) bond motifs is 5. The maximum atomic E-state index is 12.4. The highest BCUT2D eigenvalue weighted by Crippen LogP contribution is 2.41. The van der Waals surface area contributed by atoms with Gasteiger partial charge in [-0.2, -0.15) is 0 Å². The van der Waals surface area contributed by atoms with Crippen molar-refractivity contribution < 1.29 is 9.59 Å². The molecule has 5 rings (SSSR count). The third-order valence-electron chi connectivity index (χ3n) is 5.81. The van der Waals surface area contributed by atoms with E-state index < -0.39 is 0 Å². The van der Waals surface area contributed by atoms with E-state index in [1.807, 2.05) is 43.3 Å². The Morgan fingerprint density at radius 3 is 2.78 bits per heavy atom. The maximum Gasteiger partial charge on any atom is 0.263 e. The van der Waals surface area contributed by atoms with Gasteiger partial charge in [-0.3, -0.25) is 9.59 Å². The molecule has 0 bridgehead atoms. The Bertz CT molecular complexity index is 1420. The van der Waals surface area contributed by atoms with Gasteiger partial charge >= 0.3 is 0 Å². The van der Waals surface area contributed by atoms with Gasteiger partial charge in [-0.05, 0) is 48.9 Å². The average molecular weight is 443 g/mol. The summed E-state index contributed by atoms with van der Waals surface area (Å²) in [6.07, 6.45) is 1.31. The molecule has 32 heavy (non-hydrogen) atoms. The van der Waals surface area contributed by atoms with E-state index in [4.69, 9.17) is 4.98 Å². The standard InChI is InChI=1S/C25H22N4O2S/c1-4-21(30)29(3)19-13-15(6-5-14(19)2)17-8-7-16-18(28-17)9-10-20-22(16)23-24(32-20)25(31)27-12-11-26-23/h4-10,13,26H,1,11-12H2,2-3H3,(H,27,31). The lowest BCUT2D eigenvalue weighted by molar-refractivity contribution is -0.113. The van der Waals surface area contributed by atoms with Crippen LogP contribution in [0.15, 0.2) is 55.1 Å². The van der Waals surface area contributed by atoms with E-state index in [1.165, 1.54) is 17.4 Å². The molecule has 160 valence electrons. The second-order valence-electron chi connectivity index (χ2n) is 7.79. The lowest BCUT2D eigenvalue weighted by Crippen LogP contribution is -2.24. The van der Waals surface area contributed by atoms with Gasteiger partial charge < -0.3 is 15.5 Å². The zero-order valence-corrected chi connectivity index (χ0v) is 18.7. The van der Waals surface area contributed by atoms with Crippen molar-refractivity contribution in [1.29, 1.82) is 0 Å². The van der Waals surface area contributed by atoms with Gasteiger partial charge in [0.2, 0.25) is 5.91 Å². The van der Waals surface area contributed by atoms with Crippen LogP contribution in [0.5, 0.6) is 0 Å². The summed E-state index contributed by atoms with van der Waals surface area (Å²) in [4.78, 5) is 31.8. The summed E-state index contributed by atoms with van der Waals surface area (Å²) in [5.74, 6) is -0.192. The number of nitrogens with zero attached hydrogens (tertiary/aromatic N) is 2. The van der Waals surface area contributed by atoms with Crippen LogP contribution in [-0.4, -0.2) is 36.9 Å². The normalized spacial score (nSPS) is 13.2. The van der Waals surface area contributed by atoms with Crippen LogP contribution in [-0.2, 0) is 4.79 Å². The highest BCUT2D eigenvalue weighted by molar-refractivity contribution is 7.21. The van der Waals surface area contributed by atoms with E-state index >= 15 is 0 Å². The molecule has 2 aromatic carbocycles. The van der Waals surface area contributed by atoms with Crippen molar-refractivity contribution >= 4 is 55.5 Å². The molecule has 4 aromatic rings. The fourth-order valence-electron chi connectivity index (χ4n) is 4.12. The largest absolute Gasteiger partial charge is 0.381 e. The van der Waals surface area contributed by atoms with Crippen LogP contribution in [0.2, 0.25) is 0 Å². The lowest BCUT2D eigenvalue weighted by Gasteiger charge is -2.19. The van der Waals surface area contributed by atoms with E-state index in [0.717, 1.165) is 49.2 Å². The van der Waals surface area contributed by atoms with Gasteiger partial charge in [-0.15, -0.1) is 11.3 Å². The minimum absolute atomic E-state index is 0.0331. The number of thiophene rings is 1. The van der Waals surface area contributed by atoms with Crippen molar-refractivity contribution in [1.82, 2.24) is 10.3 Å². The molecule has 0 fully saturated rings. The number of aromatic nitrogens is 1. The molecule has 2 amide bonds. The summed E-state index contributed by atoms with van der Waals surface area (Å²) < 4.78 is 1.06. The van der Waals surface area contributed by atoms with E-state index in [1.54, 1.807) is 11.9 Å². The number of aryl methyl sites for hydroxylation is 1. The van der Waals surface area contributed by atoms with E-state index in [2.05, 4.69) is 23.3 Å². The van der Waals surface area contributed by atoms with Crippen molar-refractivity contribution in [3.8, 4) is 11.3 Å². The van der Waals surface area contributed by atoms with Gasteiger partial charge in [0.15, 0.2) is 0 Å². The Morgan fingerprint density at radius 1 is 1.16 bits per heavy atom. The van der Waals surface area contributed by atoms with Crippen LogP contribution >= 0.6 is 11.3 Å². The van der Waals surface area contributed by atoms with Crippen LogP contribution in [0.1, 0.15) is 15.2 Å². The number of carbonyl (C=O) groups excluding carboxylic acids is 2. The average Bonchev–Trinajstić information content (AvgIpc) is 3.10. The molecule has 3 heterocycles.